The summed E-state index contributed by atoms with van der Waals surface area (Å²) in [4.78, 5) is 8.81. The van der Waals surface area contributed by atoms with Crippen LogP contribution in [-0.2, 0) is 16.4 Å². The Morgan fingerprint density at radius 1 is 1.29 bits per heavy atom. The van der Waals surface area contributed by atoms with E-state index in [2.05, 4.69) is 25.9 Å². The third kappa shape index (κ3) is 2.50. The summed E-state index contributed by atoms with van der Waals surface area (Å²) in [6, 6.07) is 5.73. The summed E-state index contributed by atoms with van der Waals surface area (Å²) in [5.41, 5.74) is 3.56. The fourth-order valence-corrected chi connectivity index (χ4v) is 4.85. The summed E-state index contributed by atoms with van der Waals surface area (Å²) in [6.07, 6.45) is 7.48. The predicted molar refractivity (Wildman–Crippen MR) is 96.6 cm³/mol. The van der Waals surface area contributed by atoms with Crippen molar-refractivity contribution in [3.63, 3.8) is 0 Å². The van der Waals surface area contributed by atoms with E-state index >= 15 is 0 Å². The highest BCUT2D eigenvalue weighted by Gasteiger charge is 2.32. The third-order valence-electron chi connectivity index (χ3n) is 4.16. The molecule has 1 aliphatic heterocycles. The van der Waals surface area contributed by atoms with E-state index in [4.69, 9.17) is 0 Å². The van der Waals surface area contributed by atoms with Crippen LogP contribution >= 0.6 is 15.9 Å². The zero-order valence-corrected chi connectivity index (χ0v) is 15.5. The molecule has 0 N–H and O–H groups in total. The lowest BCUT2D eigenvalue weighted by molar-refractivity contribution is 0.590. The summed E-state index contributed by atoms with van der Waals surface area (Å²) < 4.78 is 28.3. The topological polar surface area (TPSA) is 67.6 Å². The third-order valence-corrected chi connectivity index (χ3v) is 5.84. The number of sulfonamides is 1. The van der Waals surface area contributed by atoms with Crippen molar-refractivity contribution in [2.45, 2.75) is 19.4 Å². The first-order valence-electron chi connectivity index (χ1n) is 7.46. The number of anilines is 1. The highest BCUT2D eigenvalue weighted by molar-refractivity contribution is 9.10. The number of benzene rings is 1. The number of hydrogen-bond acceptors (Lipinski definition) is 4. The van der Waals surface area contributed by atoms with E-state index in [-0.39, 0.29) is 6.04 Å². The molecule has 24 heavy (non-hydrogen) atoms. The molecule has 0 saturated heterocycles. The van der Waals surface area contributed by atoms with Crippen molar-refractivity contribution in [1.82, 2.24) is 14.4 Å². The lowest BCUT2D eigenvalue weighted by atomic mass is 10.1. The van der Waals surface area contributed by atoms with Crippen LogP contribution in [0.15, 0.2) is 41.3 Å². The number of imidazole rings is 1. The first kappa shape index (κ1) is 15.6. The summed E-state index contributed by atoms with van der Waals surface area (Å²) in [6.45, 7) is 1.92. The Balaban J connectivity index is 1.80. The number of halogens is 1. The van der Waals surface area contributed by atoms with Gasteiger partial charge in [0, 0.05) is 30.2 Å². The van der Waals surface area contributed by atoms with Crippen LogP contribution in [0.2, 0.25) is 0 Å². The van der Waals surface area contributed by atoms with Crippen LogP contribution in [0, 0.1) is 0 Å². The Morgan fingerprint density at radius 2 is 2.08 bits per heavy atom. The summed E-state index contributed by atoms with van der Waals surface area (Å²) >= 11 is 3.40. The van der Waals surface area contributed by atoms with Gasteiger partial charge in [-0.3, -0.25) is 8.71 Å². The molecule has 0 spiro atoms. The van der Waals surface area contributed by atoms with Gasteiger partial charge in [-0.2, -0.15) is 0 Å². The Labute approximate surface area is 148 Å². The van der Waals surface area contributed by atoms with E-state index in [1.807, 2.05) is 41.9 Å². The molecule has 1 unspecified atom stereocenters. The number of hydrogen-bond donors (Lipinski definition) is 0. The maximum Gasteiger partial charge on any atom is 0.234 e. The van der Waals surface area contributed by atoms with Crippen molar-refractivity contribution in [3.8, 4) is 11.3 Å². The average Bonchev–Trinajstić information content (AvgIpc) is 3.04. The normalized spacial score (nSPS) is 17.5. The second-order valence-corrected chi connectivity index (χ2v) is 8.84. The maximum absolute atomic E-state index is 12.0. The molecule has 0 saturated carbocycles. The molecular formula is C16H15BrN4O2S. The smallest absolute Gasteiger partial charge is 0.234 e. The molecule has 4 rings (SSSR count). The zero-order chi connectivity index (χ0) is 17.1. The Hall–Kier alpha value is -1.93. The molecule has 3 heterocycles. The van der Waals surface area contributed by atoms with E-state index in [9.17, 15) is 8.42 Å². The van der Waals surface area contributed by atoms with E-state index in [1.165, 1.54) is 10.6 Å². The molecule has 3 aromatic rings. The Morgan fingerprint density at radius 3 is 2.83 bits per heavy atom. The van der Waals surface area contributed by atoms with Crippen LogP contribution in [-0.4, -0.2) is 35.1 Å². The van der Waals surface area contributed by atoms with Crippen LogP contribution in [0.1, 0.15) is 12.5 Å². The monoisotopic (exact) mass is 406 g/mol. The molecule has 6 nitrogen and oxygen atoms in total. The zero-order valence-electron chi connectivity index (χ0n) is 13.1. The van der Waals surface area contributed by atoms with E-state index in [0.29, 0.717) is 12.2 Å². The molecule has 0 fully saturated rings. The highest BCUT2D eigenvalue weighted by Crippen LogP contribution is 2.36. The molecule has 0 radical (unpaired) electrons. The Bertz CT molecular complexity index is 1060. The van der Waals surface area contributed by atoms with Gasteiger partial charge in [-0.1, -0.05) is 6.07 Å². The maximum atomic E-state index is 12.0. The van der Waals surface area contributed by atoms with Gasteiger partial charge in [0.2, 0.25) is 15.8 Å². The first-order valence-corrected chi connectivity index (χ1v) is 10.1. The molecule has 1 aromatic carbocycles. The van der Waals surface area contributed by atoms with Crippen molar-refractivity contribution in [1.29, 1.82) is 0 Å². The molecule has 1 atom stereocenters. The number of fused-ring (bicyclic) bond motifs is 2. The quantitative estimate of drug-likeness (QED) is 0.655. The second-order valence-electron chi connectivity index (χ2n) is 6.06. The highest BCUT2D eigenvalue weighted by atomic mass is 79.9. The van der Waals surface area contributed by atoms with E-state index in [0.717, 1.165) is 27.0 Å². The van der Waals surface area contributed by atoms with E-state index in [1.54, 1.807) is 6.20 Å². The van der Waals surface area contributed by atoms with Gasteiger partial charge in [-0.15, -0.1) is 0 Å². The molecule has 0 aliphatic carbocycles. The van der Waals surface area contributed by atoms with Crippen LogP contribution in [0.4, 0.5) is 5.69 Å². The van der Waals surface area contributed by atoms with Crippen molar-refractivity contribution in [3.05, 3.63) is 46.8 Å². The number of aromatic nitrogens is 3. The van der Waals surface area contributed by atoms with Crippen molar-refractivity contribution in [2.75, 3.05) is 10.6 Å². The lowest BCUT2D eigenvalue weighted by Crippen LogP contribution is -2.34. The summed E-state index contributed by atoms with van der Waals surface area (Å²) in [7, 11) is -3.27. The van der Waals surface area contributed by atoms with Gasteiger partial charge < -0.3 is 0 Å². The first-order chi connectivity index (χ1) is 11.3. The van der Waals surface area contributed by atoms with Gasteiger partial charge in [0.1, 0.15) is 0 Å². The fraction of sp³-hybridized carbons (Fsp3) is 0.250. The van der Waals surface area contributed by atoms with Gasteiger partial charge in [0.15, 0.2) is 0 Å². The van der Waals surface area contributed by atoms with Crippen molar-refractivity contribution in [2.24, 2.45) is 0 Å². The van der Waals surface area contributed by atoms with Gasteiger partial charge in [-0.05, 0) is 47.0 Å². The van der Waals surface area contributed by atoms with Gasteiger partial charge in [0.25, 0.3) is 0 Å². The lowest BCUT2D eigenvalue weighted by Gasteiger charge is -2.21. The van der Waals surface area contributed by atoms with Crippen LogP contribution < -0.4 is 4.31 Å². The fourth-order valence-electron chi connectivity index (χ4n) is 3.27. The van der Waals surface area contributed by atoms with Gasteiger partial charge >= 0.3 is 0 Å². The molecule has 2 aromatic heterocycles. The summed E-state index contributed by atoms with van der Waals surface area (Å²) in [5, 5.41) is 0. The standard InChI is InChI=1S/C16H15BrN4O2S/c1-10-5-12-6-11(3-4-15(12)21(10)24(2,22)23)14-9-20-8-13(17)7-18-16(20)19-14/h3-4,6-10H,5H2,1-2H3. The SMILES string of the molecule is CC1Cc2cc(-c3cn4cc(Br)cnc4n3)ccc2N1S(C)(=O)=O. The Kier molecular flexibility index (Phi) is 3.43. The molecule has 124 valence electrons. The minimum atomic E-state index is -3.27. The number of rotatable bonds is 2. The molecule has 8 heteroatoms. The molecule has 0 amide bonds. The van der Waals surface area contributed by atoms with Crippen LogP contribution in [0.25, 0.3) is 17.0 Å². The van der Waals surface area contributed by atoms with Crippen LogP contribution in [0.3, 0.4) is 0 Å². The minimum Gasteiger partial charge on any atom is -0.289 e. The molecule has 1 aliphatic rings. The number of nitrogens with zero attached hydrogens (tertiary/aromatic N) is 4. The molecular weight excluding hydrogens is 392 g/mol. The van der Waals surface area contributed by atoms with Gasteiger partial charge in [0.05, 0.1) is 22.1 Å². The van der Waals surface area contributed by atoms with Crippen LogP contribution in [0.5, 0.6) is 0 Å². The van der Waals surface area contributed by atoms with Crippen molar-refractivity contribution < 1.29 is 8.42 Å². The molecule has 0 bridgehead atoms. The van der Waals surface area contributed by atoms with Crippen molar-refractivity contribution >= 4 is 37.4 Å². The average molecular weight is 407 g/mol. The largest absolute Gasteiger partial charge is 0.289 e. The predicted octanol–water partition coefficient (Wildman–Crippen LogP) is 2.87. The minimum absolute atomic E-state index is 0.0658. The van der Waals surface area contributed by atoms with E-state index < -0.39 is 10.0 Å². The second kappa shape index (κ2) is 5.29. The summed E-state index contributed by atoms with van der Waals surface area (Å²) in [5.74, 6) is 0.625. The van der Waals surface area contributed by atoms with Gasteiger partial charge in [-0.25, -0.2) is 18.4 Å².